The second-order valence-electron chi connectivity index (χ2n) is 6.60. The van der Waals surface area contributed by atoms with Gasteiger partial charge in [0.15, 0.2) is 0 Å². The van der Waals surface area contributed by atoms with Crippen LogP contribution in [0.1, 0.15) is 32.0 Å². The summed E-state index contributed by atoms with van der Waals surface area (Å²) in [5.74, 6) is 0.608. The molecule has 2 N–H and O–H groups in total. The zero-order valence-corrected chi connectivity index (χ0v) is 13.3. The van der Waals surface area contributed by atoms with Crippen LogP contribution in [-0.2, 0) is 6.54 Å². The van der Waals surface area contributed by atoms with Crippen molar-refractivity contribution in [1.29, 1.82) is 0 Å². The Bertz CT molecular complexity index is 414. The fourth-order valence-corrected chi connectivity index (χ4v) is 2.95. The van der Waals surface area contributed by atoms with Crippen LogP contribution >= 0.6 is 0 Å². The van der Waals surface area contributed by atoms with Crippen LogP contribution in [0.15, 0.2) is 12.5 Å². The van der Waals surface area contributed by atoms with Crippen LogP contribution < -0.4 is 5.73 Å². The van der Waals surface area contributed by atoms with Crippen molar-refractivity contribution >= 4 is 0 Å². The third-order valence-corrected chi connectivity index (χ3v) is 4.24. The zero-order valence-electron chi connectivity index (χ0n) is 13.3. The molecule has 2 unspecified atom stereocenters. The maximum absolute atomic E-state index is 6.32. The first kappa shape index (κ1) is 15.5. The largest absolute Gasteiger partial charge is 0.332 e. The topological polar surface area (TPSA) is 50.3 Å². The van der Waals surface area contributed by atoms with Gasteiger partial charge in [0.2, 0.25) is 0 Å². The van der Waals surface area contributed by atoms with E-state index >= 15 is 0 Å². The summed E-state index contributed by atoms with van der Waals surface area (Å²) in [5, 5.41) is 0. The van der Waals surface area contributed by atoms with E-state index in [9.17, 15) is 0 Å². The number of imidazole rings is 1. The Labute approximate surface area is 122 Å². The maximum atomic E-state index is 6.32. The molecule has 0 spiro atoms. The van der Waals surface area contributed by atoms with E-state index in [1.807, 2.05) is 12.5 Å². The Morgan fingerprint density at radius 1 is 1.35 bits per heavy atom. The van der Waals surface area contributed by atoms with Gasteiger partial charge in [-0.15, -0.1) is 0 Å². The molecule has 1 saturated heterocycles. The van der Waals surface area contributed by atoms with Crippen LogP contribution in [0.3, 0.4) is 0 Å². The van der Waals surface area contributed by atoms with E-state index in [1.165, 1.54) is 5.69 Å². The average Bonchev–Trinajstić information content (AvgIpc) is 2.81. The van der Waals surface area contributed by atoms with Gasteiger partial charge in [-0.2, -0.15) is 0 Å². The zero-order chi connectivity index (χ0) is 14.7. The van der Waals surface area contributed by atoms with Crippen LogP contribution in [0.4, 0.5) is 0 Å². The number of piperazine rings is 1. The molecular formula is C15H29N5. The summed E-state index contributed by atoms with van der Waals surface area (Å²) >= 11 is 0. The Kier molecular flexibility index (Phi) is 5.18. The molecule has 1 aromatic rings. The Morgan fingerprint density at radius 3 is 2.80 bits per heavy atom. The minimum Gasteiger partial charge on any atom is -0.332 e. The number of nitrogens with two attached hydrogens (primary N) is 1. The van der Waals surface area contributed by atoms with Crippen LogP contribution in [0.2, 0.25) is 0 Å². The molecule has 20 heavy (non-hydrogen) atoms. The van der Waals surface area contributed by atoms with Crippen molar-refractivity contribution in [1.82, 2.24) is 19.4 Å². The van der Waals surface area contributed by atoms with Gasteiger partial charge >= 0.3 is 0 Å². The third-order valence-electron chi connectivity index (χ3n) is 4.24. The van der Waals surface area contributed by atoms with Gasteiger partial charge < -0.3 is 15.2 Å². The molecule has 1 fully saturated rings. The maximum Gasteiger partial charge on any atom is 0.0949 e. The van der Waals surface area contributed by atoms with Gasteiger partial charge in [0.25, 0.3) is 0 Å². The summed E-state index contributed by atoms with van der Waals surface area (Å²) < 4.78 is 2.24. The van der Waals surface area contributed by atoms with E-state index in [0.717, 1.165) is 32.6 Å². The predicted molar refractivity (Wildman–Crippen MR) is 82.5 cm³/mol. The van der Waals surface area contributed by atoms with Gasteiger partial charge in [0, 0.05) is 44.5 Å². The number of nitrogens with zero attached hydrogens (tertiary/aromatic N) is 4. The van der Waals surface area contributed by atoms with Gasteiger partial charge in [-0.05, 0) is 26.4 Å². The fraction of sp³-hybridized carbons (Fsp3) is 0.800. The van der Waals surface area contributed by atoms with Gasteiger partial charge in [-0.1, -0.05) is 13.8 Å². The molecule has 2 atom stereocenters. The lowest BCUT2D eigenvalue weighted by Crippen LogP contribution is -2.51. The van der Waals surface area contributed by atoms with Crippen molar-refractivity contribution in [3.05, 3.63) is 18.2 Å². The summed E-state index contributed by atoms with van der Waals surface area (Å²) in [5.41, 5.74) is 7.49. The highest BCUT2D eigenvalue weighted by atomic mass is 15.3. The average molecular weight is 279 g/mol. The molecule has 1 aliphatic rings. The standard InChI is InChI=1S/C15H29N5/c1-12(2)7-14(16)15-8-17-11-20(15)10-13-9-18(3)5-6-19(13)4/h8,11-14H,5-7,9-10,16H2,1-4H3. The minimum absolute atomic E-state index is 0.0872. The van der Waals surface area contributed by atoms with Gasteiger partial charge in [-0.3, -0.25) is 4.90 Å². The Morgan fingerprint density at radius 2 is 2.10 bits per heavy atom. The number of hydrogen-bond acceptors (Lipinski definition) is 4. The third kappa shape index (κ3) is 3.81. The molecular weight excluding hydrogens is 250 g/mol. The van der Waals surface area contributed by atoms with E-state index in [-0.39, 0.29) is 6.04 Å². The molecule has 114 valence electrons. The Balaban J connectivity index is 2.04. The van der Waals surface area contributed by atoms with Crippen molar-refractivity contribution < 1.29 is 0 Å². The highest BCUT2D eigenvalue weighted by molar-refractivity contribution is 5.05. The predicted octanol–water partition coefficient (Wildman–Crippen LogP) is 1.17. The second-order valence-corrected chi connectivity index (χ2v) is 6.60. The highest BCUT2D eigenvalue weighted by Crippen LogP contribution is 2.19. The first-order valence-corrected chi connectivity index (χ1v) is 7.61. The van der Waals surface area contributed by atoms with E-state index in [2.05, 4.69) is 47.3 Å². The molecule has 5 heteroatoms. The van der Waals surface area contributed by atoms with E-state index in [1.54, 1.807) is 0 Å². The lowest BCUT2D eigenvalue weighted by molar-refractivity contribution is 0.102. The van der Waals surface area contributed by atoms with Crippen LogP contribution in [0.25, 0.3) is 0 Å². The fourth-order valence-electron chi connectivity index (χ4n) is 2.95. The van der Waals surface area contributed by atoms with Crippen molar-refractivity contribution in [3.8, 4) is 0 Å². The van der Waals surface area contributed by atoms with Gasteiger partial charge in [0.05, 0.1) is 12.0 Å². The second kappa shape index (κ2) is 6.70. The quantitative estimate of drug-likeness (QED) is 0.879. The molecule has 0 saturated carbocycles. The number of likely N-dealkylation sites (N-methyl/N-ethyl adjacent to an activating group) is 2. The molecule has 0 amide bonds. The molecule has 2 heterocycles. The monoisotopic (exact) mass is 279 g/mol. The van der Waals surface area contributed by atoms with Crippen molar-refractivity contribution in [2.75, 3.05) is 33.7 Å². The van der Waals surface area contributed by atoms with E-state index in [4.69, 9.17) is 5.73 Å². The summed E-state index contributed by atoms with van der Waals surface area (Å²) in [6.07, 6.45) is 4.86. The molecule has 2 rings (SSSR count). The molecule has 0 aromatic carbocycles. The minimum atomic E-state index is 0.0872. The number of aromatic nitrogens is 2. The summed E-state index contributed by atoms with van der Waals surface area (Å²) in [4.78, 5) is 9.15. The first-order chi connectivity index (χ1) is 9.47. The smallest absolute Gasteiger partial charge is 0.0949 e. The molecule has 1 aromatic heterocycles. The normalized spacial score (nSPS) is 23.4. The summed E-state index contributed by atoms with van der Waals surface area (Å²) in [6, 6.07) is 0.622. The molecule has 5 nitrogen and oxygen atoms in total. The van der Waals surface area contributed by atoms with Crippen LogP contribution in [0, 0.1) is 5.92 Å². The highest BCUT2D eigenvalue weighted by Gasteiger charge is 2.24. The number of hydrogen-bond donors (Lipinski definition) is 1. The molecule has 0 aliphatic carbocycles. The van der Waals surface area contributed by atoms with Crippen LogP contribution in [0.5, 0.6) is 0 Å². The Hall–Kier alpha value is -0.910. The van der Waals surface area contributed by atoms with Gasteiger partial charge in [0.1, 0.15) is 0 Å². The van der Waals surface area contributed by atoms with Gasteiger partial charge in [-0.25, -0.2) is 4.98 Å². The first-order valence-electron chi connectivity index (χ1n) is 7.61. The van der Waals surface area contributed by atoms with E-state index in [0.29, 0.717) is 12.0 Å². The lowest BCUT2D eigenvalue weighted by Gasteiger charge is -2.38. The summed E-state index contributed by atoms with van der Waals surface area (Å²) in [6.45, 7) is 8.78. The van der Waals surface area contributed by atoms with Crippen molar-refractivity contribution in [2.45, 2.75) is 38.9 Å². The van der Waals surface area contributed by atoms with Crippen molar-refractivity contribution in [2.24, 2.45) is 11.7 Å². The molecule has 1 aliphatic heterocycles. The lowest BCUT2D eigenvalue weighted by atomic mass is 10.0. The van der Waals surface area contributed by atoms with E-state index < -0.39 is 0 Å². The summed E-state index contributed by atoms with van der Waals surface area (Å²) in [7, 11) is 4.40. The molecule has 0 radical (unpaired) electrons. The van der Waals surface area contributed by atoms with Crippen LogP contribution in [-0.4, -0.2) is 59.1 Å². The SMILES string of the molecule is CC(C)CC(N)c1cncn1CC1CN(C)CCN1C. The van der Waals surface area contributed by atoms with Crippen molar-refractivity contribution in [3.63, 3.8) is 0 Å². The molecule has 0 bridgehead atoms. The number of rotatable bonds is 5.